The second-order valence-corrected chi connectivity index (χ2v) is 7.60. The average molecular weight is 313 g/mol. The van der Waals surface area contributed by atoms with E-state index in [2.05, 4.69) is 4.72 Å². The maximum atomic E-state index is 12.1. The molecule has 0 spiro atoms. The van der Waals surface area contributed by atoms with E-state index in [0.29, 0.717) is 13.2 Å². The van der Waals surface area contributed by atoms with Crippen molar-refractivity contribution < 1.29 is 18.3 Å². The topological polar surface area (TPSA) is 75.6 Å². The molecule has 0 unspecified atom stereocenters. The van der Waals surface area contributed by atoms with Gasteiger partial charge in [-0.2, -0.15) is 0 Å². The van der Waals surface area contributed by atoms with Crippen LogP contribution in [-0.2, 0) is 27.1 Å². The highest BCUT2D eigenvalue weighted by atomic mass is 32.2. The minimum absolute atomic E-state index is 0.0287. The van der Waals surface area contributed by atoms with Gasteiger partial charge in [0.1, 0.15) is 0 Å². The first-order valence-electron chi connectivity index (χ1n) is 7.14. The normalized spacial score (nSPS) is 16.9. The van der Waals surface area contributed by atoms with Gasteiger partial charge in [0.15, 0.2) is 0 Å². The molecule has 0 aromatic heterocycles. The predicted molar refractivity (Wildman–Crippen MR) is 81.2 cm³/mol. The van der Waals surface area contributed by atoms with Crippen LogP contribution in [0.3, 0.4) is 0 Å². The van der Waals surface area contributed by atoms with Gasteiger partial charge in [-0.05, 0) is 35.8 Å². The molecule has 1 aliphatic carbocycles. The van der Waals surface area contributed by atoms with Gasteiger partial charge in [0.2, 0.25) is 10.0 Å². The minimum Gasteiger partial charge on any atom is -0.392 e. The summed E-state index contributed by atoms with van der Waals surface area (Å²) in [5, 5.41) is 8.97. The molecule has 2 N–H and O–H groups in total. The fraction of sp³-hybridized carbons (Fsp3) is 0.600. The molecule has 6 heteroatoms. The summed E-state index contributed by atoms with van der Waals surface area (Å²) in [5.74, 6) is -0.0287. The van der Waals surface area contributed by atoms with Crippen LogP contribution in [0.1, 0.15) is 30.4 Å². The van der Waals surface area contributed by atoms with Crippen molar-refractivity contribution in [1.82, 2.24) is 4.72 Å². The van der Waals surface area contributed by atoms with Crippen molar-refractivity contribution in [1.29, 1.82) is 0 Å². The van der Waals surface area contributed by atoms with Crippen LogP contribution in [0.15, 0.2) is 24.3 Å². The van der Waals surface area contributed by atoms with E-state index in [1.165, 1.54) is 0 Å². The quantitative estimate of drug-likeness (QED) is 0.723. The second kappa shape index (κ2) is 6.87. The zero-order valence-electron chi connectivity index (χ0n) is 12.3. The van der Waals surface area contributed by atoms with Crippen LogP contribution in [0.2, 0.25) is 0 Å². The standard InChI is InChI=1S/C15H23NO4S/c1-20-9-8-15(6-7-15)12-16-21(18,19)11-14-4-2-13(10-17)3-5-14/h2-5,16-17H,6-12H2,1H3. The number of hydrogen-bond acceptors (Lipinski definition) is 4. The van der Waals surface area contributed by atoms with E-state index in [-0.39, 0.29) is 17.8 Å². The molecule has 5 nitrogen and oxygen atoms in total. The zero-order chi connectivity index (χ0) is 15.3. The molecule has 0 atom stereocenters. The maximum absolute atomic E-state index is 12.1. The van der Waals surface area contributed by atoms with Crippen molar-refractivity contribution in [3.8, 4) is 0 Å². The van der Waals surface area contributed by atoms with Crippen molar-refractivity contribution in [2.24, 2.45) is 5.41 Å². The number of sulfonamides is 1. The smallest absolute Gasteiger partial charge is 0.215 e. The molecule has 1 aliphatic rings. The molecule has 1 aromatic rings. The van der Waals surface area contributed by atoms with Gasteiger partial charge >= 0.3 is 0 Å². The number of aliphatic hydroxyl groups is 1. The molecule has 1 fully saturated rings. The Kier molecular flexibility index (Phi) is 5.37. The number of nitrogens with one attached hydrogen (secondary N) is 1. The van der Waals surface area contributed by atoms with Gasteiger partial charge < -0.3 is 9.84 Å². The van der Waals surface area contributed by atoms with Gasteiger partial charge in [0.05, 0.1) is 12.4 Å². The van der Waals surface area contributed by atoms with Gasteiger partial charge in [-0.25, -0.2) is 13.1 Å². The molecule has 2 rings (SSSR count). The van der Waals surface area contributed by atoms with Crippen LogP contribution in [0.25, 0.3) is 0 Å². The highest BCUT2D eigenvalue weighted by Crippen LogP contribution is 2.48. The van der Waals surface area contributed by atoms with Crippen molar-refractivity contribution in [2.75, 3.05) is 20.3 Å². The first-order chi connectivity index (χ1) is 9.99. The molecule has 1 aromatic carbocycles. The summed E-state index contributed by atoms with van der Waals surface area (Å²) in [6.07, 6.45) is 3.02. The lowest BCUT2D eigenvalue weighted by molar-refractivity contribution is 0.173. The van der Waals surface area contributed by atoms with Gasteiger partial charge in [-0.3, -0.25) is 0 Å². The van der Waals surface area contributed by atoms with Gasteiger partial charge in [0.25, 0.3) is 0 Å². The summed E-state index contributed by atoms with van der Waals surface area (Å²) >= 11 is 0. The van der Waals surface area contributed by atoms with Crippen LogP contribution < -0.4 is 4.72 Å². The summed E-state index contributed by atoms with van der Waals surface area (Å²) in [4.78, 5) is 0. The van der Waals surface area contributed by atoms with E-state index in [0.717, 1.165) is 30.4 Å². The number of rotatable bonds is 9. The van der Waals surface area contributed by atoms with E-state index in [9.17, 15) is 8.42 Å². The Bertz CT molecular complexity index is 550. The minimum atomic E-state index is -3.33. The van der Waals surface area contributed by atoms with Gasteiger partial charge in [0, 0.05) is 20.3 Å². The highest BCUT2D eigenvalue weighted by molar-refractivity contribution is 7.88. The molecule has 0 bridgehead atoms. The summed E-state index contributed by atoms with van der Waals surface area (Å²) in [6.45, 7) is 1.13. The first kappa shape index (κ1) is 16.4. The van der Waals surface area contributed by atoms with E-state index in [1.807, 2.05) is 0 Å². The third kappa shape index (κ3) is 5.07. The number of hydrogen-bond donors (Lipinski definition) is 2. The Hall–Kier alpha value is -0.950. The lowest BCUT2D eigenvalue weighted by atomic mass is 10.0. The predicted octanol–water partition coefficient (Wildman–Crippen LogP) is 1.41. The third-order valence-corrected chi connectivity index (χ3v) is 5.32. The molecule has 0 heterocycles. The molecule has 118 valence electrons. The molecule has 0 amide bonds. The Morgan fingerprint density at radius 2 is 1.86 bits per heavy atom. The molecular weight excluding hydrogens is 290 g/mol. The largest absolute Gasteiger partial charge is 0.392 e. The zero-order valence-corrected chi connectivity index (χ0v) is 13.2. The fourth-order valence-electron chi connectivity index (χ4n) is 2.28. The molecule has 21 heavy (non-hydrogen) atoms. The van der Waals surface area contributed by atoms with Crippen LogP contribution in [0.4, 0.5) is 0 Å². The number of benzene rings is 1. The molecule has 0 radical (unpaired) electrons. The van der Waals surface area contributed by atoms with E-state index < -0.39 is 10.0 Å². The van der Waals surface area contributed by atoms with E-state index >= 15 is 0 Å². The highest BCUT2D eigenvalue weighted by Gasteiger charge is 2.42. The van der Waals surface area contributed by atoms with Crippen LogP contribution >= 0.6 is 0 Å². The summed E-state index contributed by atoms with van der Waals surface area (Å²) in [5.41, 5.74) is 1.60. The molecular formula is C15H23NO4S. The average Bonchev–Trinajstić information content (AvgIpc) is 3.24. The van der Waals surface area contributed by atoms with E-state index in [1.54, 1.807) is 31.4 Å². The Labute approximate surface area is 126 Å². The second-order valence-electron chi connectivity index (χ2n) is 5.80. The molecule has 0 saturated heterocycles. The monoisotopic (exact) mass is 313 g/mol. The van der Waals surface area contributed by atoms with Crippen molar-refractivity contribution in [2.45, 2.75) is 31.6 Å². The maximum Gasteiger partial charge on any atom is 0.215 e. The van der Waals surface area contributed by atoms with Gasteiger partial charge in [-0.1, -0.05) is 24.3 Å². The van der Waals surface area contributed by atoms with Crippen LogP contribution in [-0.4, -0.2) is 33.8 Å². The van der Waals surface area contributed by atoms with E-state index in [4.69, 9.17) is 9.84 Å². The van der Waals surface area contributed by atoms with Crippen LogP contribution in [0, 0.1) is 5.41 Å². The Balaban J connectivity index is 1.86. The molecule has 1 saturated carbocycles. The molecule has 0 aliphatic heterocycles. The first-order valence-corrected chi connectivity index (χ1v) is 8.79. The van der Waals surface area contributed by atoms with Crippen LogP contribution in [0.5, 0.6) is 0 Å². The van der Waals surface area contributed by atoms with Crippen molar-refractivity contribution in [3.05, 3.63) is 35.4 Å². The third-order valence-electron chi connectivity index (χ3n) is 4.02. The lowest BCUT2D eigenvalue weighted by Gasteiger charge is -2.15. The Morgan fingerprint density at radius 1 is 1.24 bits per heavy atom. The fourth-order valence-corrected chi connectivity index (χ4v) is 3.54. The van der Waals surface area contributed by atoms with Gasteiger partial charge in [-0.15, -0.1) is 0 Å². The Morgan fingerprint density at radius 3 is 2.38 bits per heavy atom. The summed E-state index contributed by atoms with van der Waals surface area (Å²) < 4.78 is 32.0. The summed E-state index contributed by atoms with van der Waals surface area (Å²) in [7, 11) is -1.66. The number of aliphatic hydroxyl groups excluding tert-OH is 1. The summed E-state index contributed by atoms with van der Waals surface area (Å²) in [6, 6.07) is 6.96. The van der Waals surface area contributed by atoms with Crippen molar-refractivity contribution in [3.63, 3.8) is 0 Å². The SMILES string of the molecule is COCCC1(CNS(=O)(=O)Cc2ccc(CO)cc2)CC1. The number of methoxy groups -OCH3 is 1. The van der Waals surface area contributed by atoms with Crippen molar-refractivity contribution >= 4 is 10.0 Å². The number of ether oxygens (including phenoxy) is 1. The lowest BCUT2D eigenvalue weighted by Crippen LogP contribution is -2.31.